The van der Waals surface area contributed by atoms with E-state index >= 15 is 0 Å². The second kappa shape index (κ2) is 5.76. The van der Waals surface area contributed by atoms with Crippen molar-refractivity contribution in [1.29, 1.82) is 0 Å². The van der Waals surface area contributed by atoms with Gasteiger partial charge in [0.2, 0.25) is 0 Å². The molecule has 0 saturated heterocycles. The van der Waals surface area contributed by atoms with Gasteiger partial charge in [0.05, 0.1) is 5.56 Å². The second-order valence-corrected chi connectivity index (χ2v) is 5.88. The number of hydrogen-bond acceptors (Lipinski definition) is 7. The number of phenols is 2. The number of aryl methyl sites for hydroxylation is 1. The van der Waals surface area contributed by atoms with Crippen molar-refractivity contribution in [3.8, 4) is 28.7 Å². The van der Waals surface area contributed by atoms with E-state index in [9.17, 15) is 29.7 Å². The van der Waals surface area contributed by atoms with Crippen LogP contribution in [0.2, 0.25) is 0 Å². The van der Waals surface area contributed by atoms with Crippen LogP contribution in [0, 0.1) is 20.8 Å². The molecule has 1 aliphatic heterocycles. The minimum absolute atomic E-state index is 0.00807. The molecule has 134 valence electrons. The van der Waals surface area contributed by atoms with Crippen LogP contribution in [0.15, 0.2) is 6.07 Å². The van der Waals surface area contributed by atoms with E-state index in [0.29, 0.717) is 11.8 Å². The molecule has 3 rings (SSSR count). The highest BCUT2D eigenvalue weighted by atomic mass is 16.6. The lowest BCUT2D eigenvalue weighted by molar-refractivity contribution is 0.0682. The molecule has 0 radical (unpaired) electrons. The number of carbonyl (C=O) groups is 3. The summed E-state index contributed by atoms with van der Waals surface area (Å²) in [6.07, 6.45) is 0.333. The molecule has 0 unspecified atom stereocenters. The maximum absolute atomic E-state index is 12.6. The van der Waals surface area contributed by atoms with Crippen molar-refractivity contribution in [2.45, 2.75) is 20.8 Å². The van der Waals surface area contributed by atoms with Crippen LogP contribution in [0.4, 0.5) is 0 Å². The number of rotatable bonds is 2. The van der Waals surface area contributed by atoms with Crippen molar-refractivity contribution in [3.05, 3.63) is 39.4 Å². The van der Waals surface area contributed by atoms with E-state index in [0.717, 1.165) is 0 Å². The normalized spacial score (nSPS) is 12.3. The number of phenolic OH excluding ortho intramolecular Hbond substituents is 1. The zero-order valence-corrected chi connectivity index (χ0v) is 14.0. The van der Waals surface area contributed by atoms with Gasteiger partial charge in [-0.1, -0.05) is 0 Å². The van der Waals surface area contributed by atoms with Crippen molar-refractivity contribution in [3.63, 3.8) is 0 Å². The van der Waals surface area contributed by atoms with Crippen molar-refractivity contribution in [1.82, 2.24) is 0 Å². The Morgan fingerprint density at radius 1 is 1.04 bits per heavy atom. The molecule has 1 aliphatic rings. The summed E-state index contributed by atoms with van der Waals surface area (Å²) in [5.41, 5.74) is -0.434. The third kappa shape index (κ3) is 2.26. The summed E-state index contributed by atoms with van der Waals surface area (Å²) in [7, 11) is 0. The van der Waals surface area contributed by atoms with Crippen LogP contribution in [0.3, 0.4) is 0 Å². The van der Waals surface area contributed by atoms with Crippen molar-refractivity contribution < 1.29 is 39.2 Å². The molecule has 0 aliphatic carbocycles. The van der Waals surface area contributed by atoms with Gasteiger partial charge in [0, 0.05) is 11.1 Å². The van der Waals surface area contributed by atoms with Crippen molar-refractivity contribution in [2.75, 3.05) is 0 Å². The predicted octanol–water partition coefficient (Wildman–Crippen LogP) is 2.86. The minimum Gasteiger partial charge on any atom is -0.507 e. The quantitative estimate of drug-likeness (QED) is 0.424. The first-order valence-corrected chi connectivity index (χ1v) is 7.50. The molecule has 26 heavy (non-hydrogen) atoms. The number of carbonyl (C=O) groups excluding carboxylic acids is 2. The molecule has 3 N–H and O–H groups in total. The first-order chi connectivity index (χ1) is 12.2. The lowest BCUT2D eigenvalue weighted by Gasteiger charge is -2.17. The van der Waals surface area contributed by atoms with Crippen LogP contribution in [-0.2, 0) is 0 Å². The molecular formula is C18H14O8. The molecule has 8 nitrogen and oxygen atoms in total. The van der Waals surface area contributed by atoms with E-state index in [2.05, 4.69) is 0 Å². The molecule has 0 aromatic heterocycles. The van der Waals surface area contributed by atoms with Crippen LogP contribution in [0.1, 0.15) is 47.8 Å². The van der Waals surface area contributed by atoms with E-state index in [1.54, 1.807) is 0 Å². The average molecular weight is 358 g/mol. The first-order valence-electron chi connectivity index (χ1n) is 7.50. The number of aromatic carboxylic acids is 1. The van der Waals surface area contributed by atoms with Crippen LogP contribution in [-0.4, -0.2) is 33.5 Å². The van der Waals surface area contributed by atoms with Gasteiger partial charge >= 0.3 is 11.9 Å². The van der Waals surface area contributed by atoms with Gasteiger partial charge in [-0.2, -0.15) is 0 Å². The van der Waals surface area contributed by atoms with Gasteiger partial charge < -0.3 is 24.8 Å². The Morgan fingerprint density at radius 2 is 1.65 bits per heavy atom. The summed E-state index contributed by atoms with van der Waals surface area (Å²) in [6, 6.07) is 1.23. The molecule has 1 heterocycles. The number of fused-ring (bicyclic) bond motifs is 2. The minimum atomic E-state index is -1.40. The molecule has 0 saturated carbocycles. The van der Waals surface area contributed by atoms with Crippen molar-refractivity contribution >= 4 is 18.2 Å². The fraction of sp³-hybridized carbons (Fsp3) is 0.167. The lowest BCUT2D eigenvalue weighted by atomic mass is 10.0. The van der Waals surface area contributed by atoms with Gasteiger partial charge in [0.15, 0.2) is 23.5 Å². The maximum Gasteiger partial charge on any atom is 0.347 e. The standard InChI is InChI=1S/C18H14O8/c1-6-4-10(20)9(5-19)16-11(6)18(24)26-14-7(2)12(17(22)23)13(21)8(3)15(14)25-16/h4-5,20-21H,1-3H3,(H,22,23). The van der Waals surface area contributed by atoms with E-state index in [1.165, 1.54) is 26.8 Å². The van der Waals surface area contributed by atoms with Gasteiger partial charge in [0.1, 0.15) is 22.6 Å². The van der Waals surface area contributed by atoms with Gasteiger partial charge in [-0.05, 0) is 32.4 Å². The predicted molar refractivity (Wildman–Crippen MR) is 87.8 cm³/mol. The number of carboxylic acids is 1. The van der Waals surface area contributed by atoms with Gasteiger partial charge in [-0.25, -0.2) is 9.59 Å². The van der Waals surface area contributed by atoms with Gasteiger partial charge in [-0.15, -0.1) is 0 Å². The van der Waals surface area contributed by atoms with E-state index in [1.807, 2.05) is 0 Å². The van der Waals surface area contributed by atoms with Crippen LogP contribution in [0.25, 0.3) is 0 Å². The molecule has 0 bridgehead atoms. The Balaban J connectivity index is 2.40. The van der Waals surface area contributed by atoms with E-state index < -0.39 is 23.3 Å². The highest BCUT2D eigenvalue weighted by molar-refractivity contribution is 6.02. The molecule has 2 aromatic carbocycles. The smallest absolute Gasteiger partial charge is 0.347 e. The Hall–Kier alpha value is -3.55. The van der Waals surface area contributed by atoms with E-state index in [4.69, 9.17) is 9.47 Å². The molecular weight excluding hydrogens is 344 g/mol. The average Bonchev–Trinajstić information content (AvgIpc) is 2.70. The lowest BCUT2D eigenvalue weighted by Crippen LogP contribution is -2.12. The summed E-state index contributed by atoms with van der Waals surface area (Å²) < 4.78 is 11.0. The molecule has 8 heteroatoms. The summed E-state index contributed by atoms with van der Waals surface area (Å²) in [5.74, 6) is -3.69. The molecule has 0 fully saturated rings. The first kappa shape index (κ1) is 17.3. The highest BCUT2D eigenvalue weighted by Crippen LogP contribution is 2.49. The second-order valence-electron chi connectivity index (χ2n) is 5.88. The molecule has 2 aromatic rings. The topological polar surface area (TPSA) is 130 Å². The van der Waals surface area contributed by atoms with Crippen LogP contribution >= 0.6 is 0 Å². The number of esters is 1. The Bertz CT molecular complexity index is 1000. The zero-order chi connectivity index (χ0) is 19.3. The van der Waals surface area contributed by atoms with Gasteiger partial charge in [0.25, 0.3) is 0 Å². The summed E-state index contributed by atoms with van der Waals surface area (Å²) in [6.45, 7) is 4.27. The monoisotopic (exact) mass is 358 g/mol. The molecule has 0 atom stereocenters. The van der Waals surface area contributed by atoms with Crippen molar-refractivity contribution in [2.24, 2.45) is 0 Å². The van der Waals surface area contributed by atoms with Crippen LogP contribution in [0.5, 0.6) is 28.7 Å². The summed E-state index contributed by atoms with van der Waals surface area (Å²) >= 11 is 0. The summed E-state index contributed by atoms with van der Waals surface area (Å²) in [4.78, 5) is 35.4. The highest BCUT2D eigenvalue weighted by Gasteiger charge is 2.34. The molecule has 0 spiro atoms. The third-order valence-corrected chi connectivity index (χ3v) is 4.28. The van der Waals surface area contributed by atoms with Gasteiger partial charge in [-0.3, -0.25) is 4.79 Å². The Kier molecular flexibility index (Phi) is 3.83. The van der Waals surface area contributed by atoms with Crippen LogP contribution < -0.4 is 9.47 Å². The Labute approximate surface area is 147 Å². The number of carboxylic acid groups (broad SMARTS) is 1. The zero-order valence-electron chi connectivity index (χ0n) is 14.0. The fourth-order valence-corrected chi connectivity index (χ4v) is 2.94. The Morgan fingerprint density at radius 3 is 2.23 bits per heavy atom. The maximum atomic E-state index is 12.6. The number of ether oxygens (including phenoxy) is 2. The SMILES string of the molecule is Cc1cc(O)c(C=O)c2c1C(=O)Oc1c(C)c(C(=O)O)c(O)c(C)c1O2. The largest absolute Gasteiger partial charge is 0.507 e. The number of hydrogen-bond donors (Lipinski definition) is 3. The number of aldehydes is 1. The van der Waals surface area contributed by atoms with E-state index in [-0.39, 0.29) is 45.3 Å². The third-order valence-electron chi connectivity index (χ3n) is 4.28. The summed E-state index contributed by atoms with van der Waals surface area (Å²) in [5, 5.41) is 29.5. The number of benzene rings is 2. The number of aromatic hydroxyl groups is 2. The fourth-order valence-electron chi connectivity index (χ4n) is 2.94. The molecule has 0 amide bonds.